The van der Waals surface area contributed by atoms with Crippen LogP contribution in [0.15, 0.2) is 73.2 Å². The van der Waals surface area contributed by atoms with Gasteiger partial charge in [0.2, 0.25) is 5.91 Å². The molecule has 1 aliphatic rings. The van der Waals surface area contributed by atoms with E-state index in [2.05, 4.69) is 69.2 Å². The van der Waals surface area contributed by atoms with E-state index in [4.69, 9.17) is 0 Å². The Morgan fingerprint density at radius 2 is 2.00 bits per heavy atom. The van der Waals surface area contributed by atoms with Gasteiger partial charge in [-0.1, -0.05) is 36.4 Å². The number of fused-ring (bicyclic) bond motifs is 1. The number of nitrogens with zero attached hydrogens (tertiary/aromatic N) is 3. The summed E-state index contributed by atoms with van der Waals surface area (Å²) in [6.07, 6.45) is 8.40. The quantitative estimate of drug-likeness (QED) is 0.490. The number of aryl methyl sites for hydroxylation is 1. The van der Waals surface area contributed by atoms with E-state index >= 15 is 0 Å². The third-order valence-corrected chi connectivity index (χ3v) is 6.51. The predicted molar refractivity (Wildman–Crippen MR) is 124 cm³/mol. The molecule has 3 heterocycles. The van der Waals surface area contributed by atoms with E-state index in [9.17, 15) is 4.79 Å². The van der Waals surface area contributed by atoms with Gasteiger partial charge in [0.25, 0.3) is 0 Å². The van der Waals surface area contributed by atoms with Gasteiger partial charge in [0.05, 0.1) is 6.20 Å². The normalized spacial score (nSPS) is 18.7. The molecule has 2 aromatic carbocycles. The molecule has 31 heavy (non-hydrogen) atoms. The molecule has 1 fully saturated rings. The highest BCUT2D eigenvalue weighted by molar-refractivity contribution is 5.85. The Kier molecular flexibility index (Phi) is 5.33. The number of nitrogens with one attached hydrogen (secondary N) is 1. The highest BCUT2D eigenvalue weighted by Crippen LogP contribution is 2.29. The molecule has 0 spiro atoms. The van der Waals surface area contributed by atoms with Crippen LogP contribution in [0, 0.1) is 5.92 Å². The van der Waals surface area contributed by atoms with Crippen LogP contribution in [-0.4, -0.2) is 38.2 Å². The van der Waals surface area contributed by atoms with Crippen LogP contribution in [0.5, 0.6) is 0 Å². The van der Waals surface area contributed by atoms with Crippen LogP contribution in [0.4, 0.5) is 0 Å². The average Bonchev–Trinajstić information content (AvgIpc) is 3.53. The van der Waals surface area contributed by atoms with Crippen LogP contribution in [0.2, 0.25) is 0 Å². The summed E-state index contributed by atoms with van der Waals surface area (Å²) in [5.74, 6) is 0.765. The largest absolute Gasteiger partial charge is 0.347 e. The molecule has 158 valence electrons. The standard InChI is InChI=1S/C26H28N4O/c1-19-13-21(18-30(19)26(31)10-7-20-5-3-2-4-6-20)17-29-12-11-23-14-22(8-9-25(23)29)24-15-27-28-16-24/h2-6,8-9,11-12,14-16,19,21H,7,10,13,17-18H2,1H3,(H,27,28)/t19-,21+/m0/s1. The second-order valence-corrected chi connectivity index (χ2v) is 8.71. The second kappa shape index (κ2) is 8.42. The van der Waals surface area contributed by atoms with Gasteiger partial charge in [-0.05, 0) is 55.0 Å². The van der Waals surface area contributed by atoms with Gasteiger partial charge in [0, 0.05) is 54.4 Å². The highest BCUT2D eigenvalue weighted by atomic mass is 16.2. The lowest BCUT2D eigenvalue weighted by Gasteiger charge is -2.21. The average molecular weight is 413 g/mol. The molecule has 5 nitrogen and oxygen atoms in total. The number of carbonyl (C=O) groups excluding carboxylic acids is 1. The van der Waals surface area contributed by atoms with E-state index in [-0.39, 0.29) is 5.91 Å². The van der Waals surface area contributed by atoms with Crippen molar-refractivity contribution >= 4 is 16.8 Å². The minimum absolute atomic E-state index is 0.279. The van der Waals surface area contributed by atoms with E-state index in [0.717, 1.165) is 31.5 Å². The Balaban J connectivity index is 1.23. The van der Waals surface area contributed by atoms with Gasteiger partial charge < -0.3 is 9.47 Å². The van der Waals surface area contributed by atoms with Crippen molar-refractivity contribution in [1.29, 1.82) is 0 Å². The second-order valence-electron chi connectivity index (χ2n) is 8.71. The summed E-state index contributed by atoms with van der Waals surface area (Å²) >= 11 is 0. The van der Waals surface area contributed by atoms with Gasteiger partial charge in [-0.3, -0.25) is 9.89 Å². The highest BCUT2D eigenvalue weighted by Gasteiger charge is 2.32. The number of benzene rings is 2. The van der Waals surface area contributed by atoms with Crippen LogP contribution >= 0.6 is 0 Å². The lowest BCUT2D eigenvalue weighted by molar-refractivity contribution is -0.131. The van der Waals surface area contributed by atoms with Gasteiger partial charge in [-0.15, -0.1) is 0 Å². The van der Waals surface area contributed by atoms with E-state index in [1.807, 2.05) is 30.6 Å². The summed E-state index contributed by atoms with van der Waals surface area (Å²) in [4.78, 5) is 14.9. The first kappa shape index (κ1) is 19.6. The third kappa shape index (κ3) is 4.13. The molecule has 4 aromatic rings. The number of rotatable bonds is 6. The number of likely N-dealkylation sites (tertiary alicyclic amines) is 1. The van der Waals surface area contributed by atoms with Gasteiger partial charge in [-0.2, -0.15) is 5.10 Å². The summed E-state index contributed by atoms with van der Waals surface area (Å²) in [7, 11) is 0. The number of carbonyl (C=O) groups is 1. The predicted octanol–water partition coefficient (Wildman–Crippen LogP) is 4.90. The Labute approximate surface area is 182 Å². The Hall–Kier alpha value is -3.34. The Bertz CT molecular complexity index is 1160. The first-order valence-corrected chi connectivity index (χ1v) is 11.1. The third-order valence-electron chi connectivity index (χ3n) is 6.51. The molecule has 5 rings (SSSR count). The van der Waals surface area contributed by atoms with E-state index in [1.54, 1.807) is 0 Å². The lowest BCUT2D eigenvalue weighted by atomic mass is 10.1. The molecule has 1 saturated heterocycles. The molecule has 0 saturated carbocycles. The van der Waals surface area contributed by atoms with E-state index < -0.39 is 0 Å². The molecule has 0 radical (unpaired) electrons. The molecule has 2 atom stereocenters. The van der Waals surface area contributed by atoms with Crippen molar-refractivity contribution in [3.05, 3.63) is 78.8 Å². The van der Waals surface area contributed by atoms with Gasteiger partial charge in [-0.25, -0.2) is 0 Å². The SMILES string of the molecule is C[C@H]1C[C@H](Cn2ccc3cc(-c4cn[nH]c4)ccc32)CN1C(=O)CCc1ccccc1. The molecule has 0 unspecified atom stereocenters. The number of amides is 1. The van der Waals surface area contributed by atoms with E-state index in [0.29, 0.717) is 18.4 Å². The molecule has 0 aliphatic carbocycles. The number of hydrogen-bond acceptors (Lipinski definition) is 2. The first-order chi connectivity index (χ1) is 15.2. The molecule has 1 amide bonds. The molecule has 1 N–H and O–H groups in total. The van der Waals surface area contributed by atoms with Crippen molar-refractivity contribution in [2.75, 3.05) is 6.54 Å². The van der Waals surface area contributed by atoms with Crippen LogP contribution in [-0.2, 0) is 17.8 Å². The molecule has 2 aromatic heterocycles. The van der Waals surface area contributed by atoms with Crippen molar-refractivity contribution in [1.82, 2.24) is 19.7 Å². The maximum Gasteiger partial charge on any atom is 0.223 e. The fourth-order valence-corrected chi connectivity index (χ4v) is 4.89. The number of aromatic amines is 1. The van der Waals surface area contributed by atoms with Gasteiger partial charge in [0.1, 0.15) is 0 Å². The van der Waals surface area contributed by atoms with Crippen molar-refractivity contribution in [2.24, 2.45) is 5.92 Å². The minimum atomic E-state index is 0.279. The fourth-order valence-electron chi connectivity index (χ4n) is 4.89. The zero-order valence-electron chi connectivity index (χ0n) is 17.9. The molecular formula is C26H28N4O. The van der Waals surface area contributed by atoms with Crippen molar-refractivity contribution in [2.45, 2.75) is 38.8 Å². The summed E-state index contributed by atoms with van der Waals surface area (Å²) in [5, 5.41) is 8.16. The lowest BCUT2D eigenvalue weighted by Crippen LogP contribution is -2.34. The molecule has 0 bridgehead atoms. The van der Waals surface area contributed by atoms with Crippen LogP contribution < -0.4 is 0 Å². The minimum Gasteiger partial charge on any atom is -0.347 e. The zero-order chi connectivity index (χ0) is 21.2. The molecular weight excluding hydrogens is 384 g/mol. The summed E-state index contributed by atoms with van der Waals surface area (Å²) in [6, 6.07) is 19.3. The monoisotopic (exact) mass is 412 g/mol. The Morgan fingerprint density at radius 3 is 2.81 bits per heavy atom. The summed E-state index contributed by atoms with van der Waals surface area (Å²) < 4.78 is 2.34. The van der Waals surface area contributed by atoms with Crippen LogP contribution in [0.1, 0.15) is 25.3 Å². The zero-order valence-corrected chi connectivity index (χ0v) is 17.9. The smallest absolute Gasteiger partial charge is 0.223 e. The Morgan fingerprint density at radius 1 is 1.13 bits per heavy atom. The maximum atomic E-state index is 12.9. The first-order valence-electron chi connectivity index (χ1n) is 11.1. The number of H-pyrrole nitrogens is 1. The summed E-state index contributed by atoms with van der Waals surface area (Å²) in [5.41, 5.74) is 4.74. The topological polar surface area (TPSA) is 53.9 Å². The number of hydrogen-bond donors (Lipinski definition) is 1. The maximum absolute atomic E-state index is 12.9. The summed E-state index contributed by atoms with van der Waals surface area (Å²) in [6.45, 7) is 3.98. The number of aromatic nitrogens is 3. The van der Waals surface area contributed by atoms with Crippen molar-refractivity contribution in [3.8, 4) is 11.1 Å². The van der Waals surface area contributed by atoms with Crippen LogP contribution in [0.3, 0.4) is 0 Å². The van der Waals surface area contributed by atoms with Crippen molar-refractivity contribution < 1.29 is 4.79 Å². The molecule has 1 aliphatic heterocycles. The molecule has 5 heteroatoms. The van der Waals surface area contributed by atoms with Crippen LogP contribution in [0.25, 0.3) is 22.0 Å². The van der Waals surface area contributed by atoms with E-state index in [1.165, 1.54) is 22.0 Å². The van der Waals surface area contributed by atoms with Crippen molar-refractivity contribution in [3.63, 3.8) is 0 Å². The van der Waals surface area contributed by atoms with Gasteiger partial charge >= 0.3 is 0 Å². The van der Waals surface area contributed by atoms with Gasteiger partial charge in [0.15, 0.2) is 0 Å². The fraction of sp³-hybridized carbons (Fsp3) is 0.308.